The van der Waals surface area contributed by atoms with Crippen molar-refractivity contribution in [2.24, 2.45) is 0 Å². The maximum atomic E-state index is 4.85. The van der Waals surface area contributed by atoms with E-state index in [2.05, 4.69) is 19.6 Å². The van der Waals surface area contributed by atoms with Crippen LogP contribution in [0.25, 0.3) is 0 Å². The fraction of sp³-hybridized carbons (Fsp3) is 0.200. The van der Waals surface area contributed by atoms with Crippen LogP contribution in [0.5, 0.6) is 0 Å². The number of hydrogen-bond acceptors (Lipinski definition) is 7. The van der Waals surface area contributed by atoms with Crippen molar-refractivity contribution in [1.29, 1.82) is 0 Å². The maximum absolute atomic E-state index is 4.85. The third kappa shape index (κ3) is 2.33. The molecule has 0 aliphatic carbocycles. The maximum Gasteiger partial charge on any atom is 0.205 e. The summed E-state index contributed by atoms with van der Waals surface area (Å²) >= 11 is 9.05. The molecule has 0 aliphatic heterocycles. The van der Waals surface area contributed by atoms with Gasteiger partial charge in [0.2, 0.25) is 4.34 Å². The highest BCUT2D eigenvalue weighted by molar-refractivity contribution is 8.02. The molecule has 0 atom stereocenters. The quantitative estimate of drug-likeness (QED) is 0.815. The second-order valence-electron chi connectivity index (χ2n) is 2.04. The minimum atomic E-state index is 0.559. The van der Waals surface area contributed by atoms with E-state index < -0.39 is 0 Å². The highest BCUT2D eigenvalue weighted by atomic mass is 32.2. The van der Waals surface area contributed by atoms with Crippen LogP contribution in [0.3, 0.4) is 0 Å². The van der Waals surface area contributed by atoms with Gasteiger partial charge in [0.25, 0.3) is 0 Å². The molecule has 0 saturated heterocycles. The van der Waals surface area contributed by atoms with E-state index in [-0.39, 0.29) is 0 Å². The lowest BCUT2D eigenvalue weighted by atomic mass is 10.8. The van der Waals surface area contributed by atoms with Gasteiger partial charge in [0.15, 0.2) is 8.68 Å². The van der Waals surface area contributed by atoms with E-state index in [4.69, 9.17) is 12.6 Å². The van der Waals surface area contributed by atoms with Gasteiger partial charge in [-0.3, -0.25) is 0 Å². The molecule has 0 saturated carbocycles. The molecule has 0 aliphatic rings. The predicted octanol–water partition coefficient (Wildman–Crippen LogP) is 2.41. The van der Waals surface area contributed by atoms with Crippen LogP contribution in [0.1, 0.15) is 5.82 Å². The zero-order valence-electron chi connectivity index (χ0n) is 6.42. The summed E-state index contributed by atoms with van der Waals surface area (Å²) in [5.74, 6) is 0.788. The first-order valence-electron chi connectivity index (χ1n) is 3.23. The average molecular weight is 247 g/mol. The van der Waals surface area contributed by atoms with Crippen molar-refractivity contribution < 1.29 is 0 Å². The van der Waals surface area contributed by atoms with Gasteiger partial charge in [-0.25, -0.2) is 4.98 Å². The summed E-state index contributed by atoms with van der Waals surface area (Å²) in [4.78, 5) is 4.19. The van der Waals surface area contributed by atoms with Crippen molar-refractivity contribution in [3.8, 4) is 0 Å². The zero-order valence-corrected chi connectivity index (χ0v) is 9.69. The summed E-state index contributed by atoms with van der Waals surface area (Å²) < 4.78 is 6.32. The first kappa shape index (κ1) is 9.25. The molecule has 0 fully saturated rings. The number of rotatable bonds is 2. The van der Waals surface area contributed by atoms with Crippen molar-refractivity contribution in [3.63, 3.8) is 0 Å². The molecular weight excluding hydrogens is 244 g/mol. The molecule has 67 valence electrons. The topological polar surface area (TPSA) is 51.6 Å². The molecule has 0 bridgehead atoms. The largest absolute Gasteiger partial charge is 0.213 e. The Morgan fingerprint density at radius 1 is 1.31 bits per heavy atom. The van der Waals surface area contributed by atoms with E-state index in [9.17, 15) is 0 Å². The van der Waals surface area contributed by atoms with Crippen LogP contribution in [-0.4, -0.2) is 19.6 Å². The highest BCUT2D eigenvalue weighted by Crippen LogP contribution is 2.31. The molecule has 4 nitrogen and oxygen atoms in total. The van der Waals surface area contributed by atoms with Crippen molar-refractivity contribution >= 4 is 47.3 Å². The van der Waals surface area contributed by atoms with Gasteiger partial charge in [-0.1, -0.05) is 11.3 Å². The highest BCUT2D eigenvalue weighted by Gasteiger charge is 2.07. The lowest BCUT2D eigenvalue weighted by Gasteiger charge is -1.84. The SMILES string of the molecule is Cc1nsc(Sc2nnc([S])s2)n1. The molecular formula is C5H3N4S4. The molecule has 0 spiro atoms. The molecule has 0 N–H and O–H groups in total. The Morgan fingerprint density at radius 3 is 2.69 bits per heavy atom. The minimum Gasteiger partial charge on any atom is -0.213 e. The Labute approximate surface area is 92.4 Å². The van der Waals surface area contributed by atoms with E-state index >= 15 is 0 Å². The van der Waals surface area contributed by atoms with Gasteiger partial charge >= 0.3 is 0 Å². The van der Waals surface area contributed by atoms with Gasteiger partial charge in [-0.05, 0) is 42.8 Å². The van der Waals surface area contributed by atoms with Crippen LogP contribution in [0.4, 0.5) is 0 Å². The molecule has 0 unspecified atom stereocenters. The third-order valence-electron chi connectivity index (χ3n) is 1.07. The van der Waals surface area contributed by atoms with Crippen LogP contribution in [0.2, 0.25) is 0 Å². The molecule has 13 heavy (non-hydrogen) atoms. The smallest absolute Gasteiger partial charge is 0.205 e. The van der Waals surface area contributed by atoms with Gasteiger partial charge < -0.3 is 0 Å². The van der Waals surface area contributed by atoms with E-state index in [1.165, 1.54) is 34.6 Å². The normalized spacial score (nSPS) is 10.5. The summed E-state index contributed by atoms with van der Waals surface area (Å²) in [7, 11) is 0. The van der Waals surface area contributed by atoms with Crippen molar-refractivity contribution in [3.05, 3.63) is 5.82 Å². The van der Waals surface area contributed by atoms with Gasteiger partial charge in [0, 0.05) is 0 Å². The summed E-state index contributed by atoms with van der Waals surface area (Å²) in [6, 6.07) is 0. The number of aryl methyl sites for hydroxylation is 1. The fourth-order valence-corrected chi connectivity index (χ4v) is 3.51. The molecule has 0 aromatic carbocycles. The Kier molecular flexibility index (Phi) is 2.72. The second-order valence-corrected chi connectivity index (χ2v) is 5.91. The summed E-state index contributed by atoms with van der Waals surface area (Å²) in [5, 5.41) is 7.63. The van der Waals surface area contributed by atoms with Crippen molar-refractivity contribution in [2.45, 2.75) is 19.9 Å². The van der Waals surface area contributed by atoms with Crippen molar-refractivity contribution in [2.75, 3.05) is 0 Å². The number of aromatic nitrogens is 4. The standard InChI is InChI=1S/C5H3N4S4/c1-2-6-4(13-9-2)12-5-8-7-3(10)11-5/h1H3. The van der Waals surface area contributed by atoms with Gasteiger partial charge in [0.05, 0.1) is 0 Å². The predicted molar refractivity (Wildman–Crippen MR) is 54.5 cm³/mol. The number of nitrogens with zero attached hydrogens (tertiary/aromatic N) is 4. The number of hydrogen-bond donors (Lipinski definition) is 0. The fourth-order valence-electron chi connectivity index (χ4n) is 0.633. The average Bonchev–Trinajstić information content (AvgIpc) is 2.62. The molecule has 1 radical (unpaired) electrons. The van der Waals surface area contributed by atoms with Crippen LogP contribution in [0, 0.1) is 6.92 Å². The molecule has 2 heterocycles. The summed E-state index contributed by atoms with van der Waals surface area (Å²) in [6.07, 6.45) is 0. The van der Waals surface area contributed by atoms with E-state index in [0.29, 0.717) is 4.34 Å². The summed E-state index contributed by atoms with van der Waals surface area (Å²) in [5.41, 5.74) is 0. The van der Waals surface area contributed by atoms with Gasteiger partial charge in [-0.2, -0.15) is 4.37 Å². The lowest BCUT2D eigenvalue weighted by molar-refractivity contribution is 0.956. The first-order valence-corrected chi connectivity index (χ1v) is 6.04. The Bertz CT molecular complexity index is 370. The minimum absolute atomic E-state index is 0.559. The third-order valence-corrected chi connectivity index (χ3v) is 4.01. The monoisotopic (exact) mass is 247 g/mol. The van der Waals surface area contributed by atoms with E-state index in [0.717, 1.165) is 14.5 Å². The van der Waals surface area contributed by atoms with Crippen LogP contribution in [-0.2, 0) is 0 Å². The van der Waals surface area contributed by atoms with Crippen molar-refractivity contribution in [1.82, 2.24) is 19.6 Å². The van der Waals surface area contributed by atoms with Gasteiger partial charge in [0.1, 0.15) is 5.82 Å². The molecule has 8 heteroatoms. The van der Waals surface area contributed by atoms with Crippen LogP contribution in [0.15, 0.2) is 13.0 Å². The van der Waals surface area contributed by atoms with Crippen LogP contribution < -0.4 is 0 Å². The second kappa shape index (κ2) is 3.82. The summed E-state index contributed by atoms with van der Waals surface area (Å²) in [6.45, 7) is 1.86. The molecule has 2 rings (SSSR count). The lowest BCUT2D eigenvalue weighted by Crippen LogP contribution is -1.73. The molecule has 2 aromatic heterocycles. The van der Waals surface area contributed by atoms with Gasteiger partial charge in [-0.15, -0.1) is 10.2 Å². The zero-order chi connectivity index (χ0) is 9.26. The van der Waals surface area contributed by atoms with E-state index in [1.54, 1.807) is 0 Å². The first-order chi connectivity index (χ1) is 6.24. The molecule has 2 aromatic rings. The molecule has 0 amide bonds. The Balaban J connectivity index is 2.14. The Morgan fingerprint density at radius 2 is 2.15 bits per heavy atom. The Hall–Kier alpha value is -0.310. The van der Waals surface area contributed by atoms with E-state index in [1.807, 2.05) is 6.92 Å². The van der Waals surface area contributed by atoms with Crippen LogP contribution >= 0.6 is 47.3 Å².